The average molecular weight is 733 g/mol. The highest BCUT2D eigenvalue weighted by atomic mass is 19.1. The van der Waals surface area contributed by atoms with Gasteiger partial charge in [-0.3, -0.25) is 9.69 Å². The van der Waals surface area contributed by atoms with E-state index in [-0.39, 0.29) is 61.0 Å². The zero-order valence-electron chi connectivity index (χ0n) is 31.2. The van der Waals surface area contributed by atoms with Crippen LogP contribution in [0, 0.1) is 12.7 Å². The molecule has 0 atom stereocenters. The number of nitrogens with zero attached hydrogens (tertiary/aromatic N) is 5. The molecule has 0 radical (unpaired) electrons. The molecule has 4 aromatic rings. The SMILES string of the molecule is Cc1cc(-c2cnn3c(N(CC4(F)CCN(C(=O)OC(C)(C)C)CC4)C(=O)OC(C)(C)C)cc(Oc4cccc(F)c4)nc23)ccc1C(=O)NC1CC1. The lowest BCUT2D eigenvalue weighted by molar-refractivity contribution is 0.00340. The summed E-state index contributed by atoms with van der Waals surface area (Å²) in [6.45, 7) is 12.0. The van der Waals surface area contributed by atoms with E-state index in [2.05, 4.69) is 10.4 Å². The van der Waals surface area contributed by atoms with Crippen molar-refractivity contribution in [2.45, 2.75) is 97.1 Å². The van der Waals surface area contributed by atoms with Gasteiger partial charge < -0.3 is 24.4 Å². The zero-order valence-corrected chi connectivity index (χ0v) is 31.2. The van der Waals surface area contributed by atoms with E-state index in [4.69, 9.17) is 19.2 Å². The molecule has 0 spiro atoms. The summed E-state index contributed by atoms with van der Waals surface area (Å²) in [5, 5.41) is 7.61. The highest BCUT2D eigenvalue weighted by Gasteiger charge is 2.42. The normalized spacial score (nSPS) is 15.9. The van der Waals surface area contributed by atoms with Crippen LogP contribution in [0.25, 0.3) is 16.8 Å². The minimum Gasteiger partial charge on any atom is -0.444 e. The van der Waals surface area contributed by atoms with Gasteiger partial charge in [-0.15, -0.1) is 0 Å². The number of carbonyl (C=O) groups is 3. The van der Waals surface area contributed by atoms with Gasteiger partial charge in [0.25, 0.3) is 5.91 Å². The molecule has 0 unspecified atom stereocenters. The third-order valence-corrected chi connectivity index (χ3v) is 8.79. The minimum absolute atomic E-state index is 0.0155. The second-order valence-corrected chi connectivity index (χ2v) is 15.8. The van der Waals surface area contributed by atoms with Gasteiger partial charge in [0.1, 0.15) is 34.3 Å². The summed E-state index contributed by atoms with van der Waals surface area (Å²) >= 11 is 0. The number of rotatable bonds is 8. The number of aryl methyl sites for hydroxylation is 1. The topological polar surface area (TPSA) is 128 Å². The summed E-state index contributed by atoms with van der Waals surface area (Å²) in [5.41, 5.74) is -0.821. The Morgan fingerprint density at radius 3 is 2.30 bits per heavy atom. The number of piperidine rings is 1. The number of likely N-dealkylation sites (tertiary alicyclic amines) is 1. The first kappa shape index (κ1) is 37.5. The molecule has 53 heavy (non-hydrogen) atoms. The van der Waals surface area contributed by atoms with E-state index < -0.39 is 41.4 Å². The van der Waals surface area contributed by atoms with E-state index in [1.165, 1.54) is 33.7 Å². The van der Waals surface area contributed by atoms with Gasteiger partial charge in [0.05, 0.1) is 12.7 Å². The maximum atomic E-state index is 16.9. The molecule has 12 nitrogen and oxygen atoms in total. The zero-order chi connectivity index (χ0) is 38.3. The Bertz CT molecular complexity index is 2020. The first-order chi connectivity index (χ1) is 24.9. The molecule has 1 aliphatic carbocycles. The van der Waals surface area contributed by atoms with Gasteiger partial charge in [-0.2, -0.15) is 14.6 Å². The van der Waals surface area contributed by atoms with Crippen LogP contribution >= 0.6 is 0 Å². The van der Waals surface area contributed by atoms with Crippen LogP contribution in [-0.2, 0) is 9.47 Å². The van der Waals surface area contributed by atoms with Crippen molar-refractivity contribution in [1.29, 1.82) is 0 Å². The Hall–Kier alpha value is -5.27. The predicted molar refractivity (Wildman–Crippen MR) is 195 cm³/mol. The van der Waals surface area contributed by atoms with Crippen LogP contribution < -0.4 is 15.0 Å². The molecule has 6 rings (SSSR count). The van der Waals surface area contributed by atoms with Crippen molar-refractivity contribution in [2.24, 2.45) is 0 Å². The van der Waals surface area contributed by atoms with E-state index in [0.29, 0.717) is 16.7 Å². The molecule has 1 N–H and O–H groups in total. The summed E-state index contributed by atoms with van der Waals surface area (Å²) < 4.78 is 49.8. The Labute approximate surface area is 307 Å². The summed E-state index contributed by atoms with van der Waals surface area (Å²) in [6, 6.07) is 12.5. The molecule has 0 bridgehead atoms. The van der Waals surface area contributed by atoms with Crippen molar-refractivity contribution in [3.63, 3.8) is 0 Å². The number of amides is 3. The molecule has 2 aromatic heterocycles. The smallest absolute Gasteiger partial charge is 0.416 e. The second-order valence-electron chi connectivity index (χ2n) is 15.8. The van der Waals surface area contributed by atoms with Crippen LogP contribution in [0.1, 0.15) is 83.1 Å². The van der Waals surface area contributed by atoms with Gasteiger partial charge >= 0.3 is 12.2 Å². The molecule has 2 fully saturated rings. The number of halogens is 2. The number of benzene rings is 2. The first-order valence-electron chi connectivity index (χ1n) is 17.8. The Kier molecular flexibility index (Phi) is 10.1. The predicted octanol–water partition coefficient (Wildman–Crippen LogP) is 8.01. The van der Waals surface area contributed by atoms with Gasteiger partial charge in [-0.25, -0.2) is 18.4 Å². The molecule has 282 valence electrons. The lowest BCUT2D eigenvalue weighted by Gasteiger charge is -2.39. The number of fused-ring (bicyclic) bond motifs is 1. The summed E-state index contributed by atoms with van der Waals surface area (Å²) in [7, 11) is 0. The molecule has 1 saturated heterocycles. The lowest BCUT2D eigenvalue weighted by Crippen LogP contribution is -2.52. The quantitative estimate of drug-likeness (QED) is 0.193. The Morgan fingerprint density at radius 1 is 0.981 bits per heavy atom. The molecule has 2 aliphatic rings. The number of nitrogens with one attached hydrogen (secondary N) is 1. The van der Waals surface area contributed by atoms with E-state index in [0.717, 1.165) is 23.3 Å². The van der Waals surface area contributed by atoms with Crippen molar-refractivity contribution in [3.05, 3.63) is 71.7 Å². The summed E-state index contributed by atoms with van der Waals surface area (Å²) in [5.74, 6) is -0.449. The van der Waals surface area contributed by atoms with Crippen LogP contribution in [0.4, 0.5) is 24.2 Å². The van der Waals surface area contributed by atoms with Gasteiger partial charge in [-0.05, 0) is 90.6 Å². The number of aromatic nitrogens is 3. The standard InChI is InChI=1S/C39H46F2N6O6/c1-24-19-25(11-14-29(24)34(48)43-27-12-13-27)30-22-42-47-32(21-31(44-33(30)47)51-28-10-8-9-26(40)20-28)46(36(50)53-38(5,6)7)23-39(41)15-17-45(18-16-39)35(49)52-37(2,3)4/h8-11,14,19-22,27H,12-13,15-18,23H2,1-7H3,(H,43,48). The largest absolute Gasteiger partial charge is 0.444 e. The number of hydrogen-bond acceptors (Lipinski definition) is 8. The van der Waals surface area contributed by atoms with Crippen molar-refractivity contribution in [3.8, 4) is 22.8 Å². The van der Waals surface area contributed by atoms with Crippen LogP contribution in [0.15, 0.2) is 54.7 Å². The maximum Gasteiger partial charge on any atom is 0.416 e. The first-order valence-corrected chi connectivity index (χ1v) is 17.8. The third kappa shape index (κ3) is 9.21. The van der Waals surface area contributed by atoms with E-state index in [1.807, 2.05) is 13.0 Å². The van der Waals surface area contributed by atoms with Gasteiger partial charge in [0, 0.05) is 55.2 Å². The van der Waals surface area contributed by atoms with E-state index in [9.17, 15) is 18.8 Å². The van der Waals surface area contributed by atoms with Crippen LogP contribution in [0.2, 0.25) is 0 Å². The van der Waals surface area contributed by atoms with Crippen molar-refractivity contribution >= 4 is 29.6 Å². The van der Waals surface area contributed by atoms with Crippen LogP contribution in [0.3, 0.4) is 0 Å². The number of alkyl halides is 1. The fourth-order valence-corrected chi connectivity index (χ4v) is 6.02. The van der Waals surface area contributed by atoms with Crippen LogP contribution in [-0.4, -0.2) is 80.1 Å². The molecule has 1 aliphatic heterocycles. The average Bonchev–Trinajstić information content (AvgIpc) is 3.76. The second kappa shape index (κ2) is 14.3. The van der Waals surface area contributed by atoms with Gasteiger partial charge in [0.15, 0.2) is 5.65 Å². The molecular weight excluding hydrogens is 686 g/mol. The van der Waals surface area contributed by atoms with Crippen molar-refractivity contribution in [1.82, 2.24) is 24.8 Å². The highest BCUT2D eigenvalue weighted by Crippen LogP contribution is 2.36. The molecule has 3 amide bonds. The van der Waals surface area contributed by atoms with E-state index >= 15 is 4.39 Å². The minimum atomic E-state index is -1.93. The molecule has 2 aromatic carbocycles. The number of anilines is 1. The Morgan fingerprint density at radius 2 is 1.68 bits per heavy atom. The molecule has 3 heterocycles. The number of carbonyl (C=O) groups excluding carboxylic acids is 3. The van der Waals surface area contributed by atoms with E-state index in [1.54, 1.807) is 65.9 Å². The highest BCUT2D eigenvalue weighted by molar-refractivity contribution is 5.97. The number of hydrogen-bond donors (Lipinski definition) is 1. The van der Waals surface area contributed by atoms with Crippen molar-refractivity contribution in [2.75, 3.05) is 24.5 Å². The summed E-state index contributed by atoms with van der Waals surface area (Å²) in [6.07, 6.45) is 1.98. The van der Waals surface area contributed by atoms with Gasteiger partial charge in [0.2, 0.25) is 5.88 Å². The lowest BCUT2D eigenvalue weighted by atomic mass is 9.93. The van der Waals surface area contributed by atoms with Crippen LogP contribution in [0.5, 0.6) is 11.6 Å². The fourth-order valence-electron chi connectivity index (χ4n) is 6.02. The molecule has 1 saturated carbocycles. The molecule has 14 heteroatoms. The van der Waals surface area contributed by atoms with Gasteiger partial charge in [-0.1, -0.05) is 18.2 Å². The third-order valence-electron chi connectivity index (χ3n) is 8.79. The monoisotopic (exact) mass is 732 g/mol. The fraction of sp³-hybridized carbons (Fsp3) is 0.462. The number of ether oxygens (including phenoxy) is 3. The Balaban J connectivity index is 1.40. The molecular formula is C39H46F2N6O6. The van der Waals surface area contributed by atoms with Crippen molar-refractivity contribution < 1.29 is 37.4 Å². The summed E-state index contributed by atoms with van der Waals surface area (Å²) in [4.78, 5) is 47.0. The maximum absolute atomic E-state index is 16.9.